The Bertz CT molecular complexity index is 1400. The number of amides is 1. The maximum atomic E-state index is 12.8. The molecule has 0 bridgehead atoms. The molecular formula is C25H25ClIN4O3S-. The quantitative estimate of drug-likeness (QED) is 0.332. The van der Waals surface area contributed by atoms with Crippen LogP contribution in [0.4, 0.5) is 0 Å². The molecule has 2 aliphatic heterocycles. The summed E-state index contributed by atoms with van der Waals surface area (Å²) in [4.78, 5) is 15.0. The zero-order chi connectivity index (χ0) is 24.4. The molecule has 7 nitrogen and oxygen atoms in total. The van der Waals surface area contributed by atoms with Crippen LogP contribution in [-0.2, 0) is 21.4 Å². The second-order valence-corrected chi connectivity index (χ2v) is 13.0. The van der Waals surface area contributed by atoms with Gasteiger partial charge in [0.05, 0.1) is 0 Å². The molecule has 1 aromatic heterocycles. The fourth-order valence-electron chi connectivity index (χ4n) is 4.54. The van der Waals surface area contributed by atoms with Crippen LogP contribution < -0.4 is 26.5 Å². The molecule has 3 heterocycles. The molecule has 0 atom stereocenters. The van der Waals surface area contributed by atoms with Gasteiger partial charge in [0.25, 0.3) is 0 Å². The molecule has 1 N–H and O–H groups in total. The van der Waals surface area contributed by atoms with Gasteiger partial charge in [-0.15, -0.1) is 0 Å². The third-order valence-corrected chi connectivity index (χ3v) is 10.1. The van der Waals surface area contributed by atoms with Crippen LogP contribution in [0.1, 0.15) is 30.7 Å². The Balaban J connectivity index is 1.15. The van der Waals surface area contributed by atoms with Gasteiger partial charge in [0.15, 0.2) is 0 Å². The number of likely N-dealkylation sites (tertiary alicyclic amines) is 1. The summed E-state index contributed by atoms with van der Waals surface area (Å²) in [5, 5.41) is 4.67. The van der Waals surface area contributed by atoms with Crippen LogP contribution in [0.5, 0.6) is 0 Å². The van der Waals surface area contributed by atoms with Gasteiger partial charge in [0, 0.05) is 35.1 Å². The number of hydrogen-bond acceptors (Lipinski definition) is 3. The number of carbonyl (C=O) groups is 1. The molecule has 1 fully saturated rings. The number of sulfonamides is 1. The summed E-state index contributed by atoms with van der Waals surface area (Å²) in [5.41, 5.74) is 2.19. The fraction of sp³-hybridized carbons (Fsp3) is 0.280. The Kier molecular flexibility index (Phi) is 7.17. The van der Waals surface area contributed by atoms with E-state index < -0.39 is 31.2 Å². The Morgan fingerprint density at radius 3 is 2.60 bits per heavy atom. The van der Waals surface area contributed by atoms with E-state index in [0.717, 1.165) is 29.3 Å². The molecule has 0 saturated carbocycles. The van der Waals surface area contributed by atoms with E-state index >= 15 is 0 Å². The Labute approximate surface area is 220 Å². The molecule has 0 radical (unpaired) electrons. The molecule has 3 aromatic rings. The van der Waals surface area contributed by atoms with Crippen molar-refractivity contribution in [2.45, 2.75) is 36.6 Å². The molecule has 0 aliphatic carbocycles. The molecule has 0 unspecified atom stereocenters. The first-order chi connectivity index (χ1) is 16.9. The van der Waals surface area contributed by atoms with Gasteiger partial charge in [-0.05, 0) is 24.3 Å². The number of amidine groups is 1. The molecule has 35 heavy (non-hydrogen) atoms. The van der Waals surface area contributed by atoms with Crippen molar-refractivity contribution in [3.05, 3.63) is 75.6 Å². The first-order valence-electron chi connectivity index (χ1n) is 11.4. The number of aromatic nitrogens is 1. The number of hydrogen-bond donors (Lipinski definition) is 1. The maximum absolute atomic E-state index is 12.8. The number of nitrogens with zero attached hydrogens (tertiary/aromatic N) is 3. The molecule has 2 aromatic carbocycles. The van der Waals surface area contributed by atoms with E-state index in [-0.39, 0.29) is 10.8 Å². The van der Waals surface area contributed by atoms with Gasteiger partial charge in [-0.25, -0.2) is 0 Å². The van der Waals surface area contributed by atoms with Gasteiger partial charge < -0.3 is 4.57 Å². The van der Waals surface area contributed by atoms with E-state index in [1.54, 1.807) is 18.3 Å². The zero-order valence-electron chi connectivity index (χ0n) is 18.9. The number of nitrogens with one attached hydrogen (secondary N) is 1. The standard InChI is InChI=1S/C25H25ClIN4O3S/c26-21-3-6-23-20(17-21)9-13-30(23)16-10-24(32)31-14-7-19(8-15-31)18-1-4-22(5-2-18)35(33,34)29-25-27-11-12-28-25/h1-6,9,11-13,17,19H,7-8,10,14-16H2,(H,28,29)/q-1. The number of piperidine rings is 1. The number of carbonyl (C=O) groups excluding carboxylic acids is 1. The van der Waals surface area contributed by atoms with Crippen molar-refractivity contribution in [3.8, 4) is 0 Å². The summed E-state index contributed by atoms with van der Waals surface area (Å²) in [6, 6.07) is 14.9. The van der Waals surface area contributed by atoms with Crippen molar-refractivity contribution >= 4 is 42.3 Å². The predicted octanol–water partition coefficient (Wildman–Crippen LogP) is 1.30. The van der Waals surface area contributed by atoms with Gasteiger partial charge in [-0.3, -0.25) is 4.79 Å². The van der Waals surface area contributed by atoms with Crippen molar-refractivity contribution in [1.82, 2.24) is 14.8 Å². The van der Waals surface area contributed by atoms with Gasteiger partial charge >= 0.3 is 141 Å². The third kappa shape index (κ3) is 5.57. The summed E-state index contributed by atoms with van der Waals surface area (Å²) in [6.45, 7) is 2.06. The van der Waals surface area contributed by atoms with Crippen LogP contribution >= 0.6 is 11.6 Å². The van der Waals surface area contributed by atoms with Crippen LogP contribution in [-0.4, -0.2) is 40.7 Å². The van der Waals surface area contributed by atoms with Crippen molar-refractivity contribution in [3.63, 3.8) is 0 Å². The topological polar surface area (TPSA) is 83.8 Å². The SMILES string of the molecule is O=C(CCn1ccc2cc(Cl)ccc21)N1CCC(c2ccc(S(=O)(=O)N=C3NC=C[I-]3)cc2)CC1. The third-order valence-electron chi connectivity index (χ3n) is 6.43. The average molecular weight is 624 g/mol. The Morgan fingerprint density at radius 1 is 1.11 bits per heavy atom. The van der Waals surface area contributed by atoms with E-state index in [0.29, 0.717) is 40.8 Å². The molecule has 0 spiro atoms. The van der Waals surface area contributed by atoms with Crippen molar-refractivity contribution in [1.29, 1.82) is 0 Å². The van der Waals surface area contributed by atoms with Crippen LogP contribution in [0.15, 0.2) is 74.3 Å². The predicted molar refractivity (Wildman–Crippen MR) is 133 cm³/mol. The van der Waals surface area contributed by atoms with Crippen LogP contribution in [0.25, 0.3) is 10.9 Å². The Hall–Kier alpha value is -2.37. The minimum absolute atomic E-state index is 0.164. The molecular weight excluding hydrogens is 599 g/mol. The van der Waals surface area contributed by atoms with Gasteiger partial charge in [0.1, 0.15) is 0 Å². The summed E-state index contributed by atoms with van der Waals surface area (Å²) in [7, 11) is -3.70. The summed E-state index contributed by atoms with van der Waals surface area (Å²) < 4.78 is 33.6. The van der Waals surface area contributed by atoms with Crippen molar-refractivity contribution in [2.75, 3.05) is 13.1 Å². The molecule has 184 valence electrons. The second kappa shape index (κ2) is 10.3. The van der Waals surface area contributed by atoms with E-state index in [2.05, 4.69) is 14.3 Å². The number of halogens is 2. The molecule has 2 aliphatic rings. The van der Waals surface area contributed by atoms with Crippen molar-refractivity contribution < 1.29 is 34.4 Å². The molecule has 1 saturated heterocycles. The van der Waals surface area contributed by atoms with E-state index in [1.165, 1.54) is 0 Å². The number of fused-ring (bicyclic) bond motifs is 1. The summed E-state index contributed by atoms with van der Waals surface area (Å²) >= 11 is 5.57. The number of benzene rings is 2. The normalized spacial score (nSPS) is 18.1. The Morgan fingerprint density at radius 2 is 1.89 bits per heavy atom. The van der Waals surface area contributed by atoms with E-state index in [1.807, 2.05) is 51.6 Å². The first kappa shape index (κ1) is 24.3. The van der Waals surface area contributed by atoms with Gasteiger partial charge in [-0.1, -0.05) is 11.6 Å². The van der Waals surface area contributed by atoms with Crippen LogP contribution in [0, 0.1) is 0 Å². The van der Waals surface area contributed by atoms with Gasteiger partial charge in [0.2, 0.25) is 0 Å². The van der Waals surface area contributed by atoms with Crippen LogP contribution in [0.3, 0.4) is 0 Å². The fourth-order valence-corrected chi connectivity index (χ4v) is 7.79. The monoisotopic (exact) mass is 623 g/mol. The van der Waals surface area contributed by atoms with Gasteiger partial charge in [-0.2, -0.15) is 0 Å². The van der Waals surface area contributed by atoms with E-state index in [4.69, 9.17) is 11.6 Å². The van der Waals surface area contributed by atoms with Crippen LogP contribution in [0.2, 0.25) is 5.02 Å². The van der Waals surface area contributed by atoms with Crippen molar-refractivity contribution in [2.24, 2.45) is 4.40 Å². The number of rotatable bonds is 6. The second-order valence-electron chi connectivity index (χ2n) is 8.59. The average Bonchev–Trinajstić information content (AvgIpc) is 3.52. The summed E-state index contributed by atoms with van der Waals surface area (Å²) in [5.74, 6) is 0.476. The zero-order valence-corrected chi connectivity index (χ0v) is 22.6. The first-order valence-corrected chi connectivity index (χ1v) is 15.6. The van der Waals surface area contributed by atoms with E-state index in [9.17, 15) is 13.2 Å². The minimum atomic E-state index is -3.70. The molecule has 5 rings (SSSR count). The molecule has 1 amide bonds. The number of aryl methyl sites for hydroxylation is 1. The molecule has 10 heteroatoms. The summed E-state index contributed by atoms with van der Waals surface area (Å²) in [6.07, 6.45) is 5.93.